The molecule has 5 heteroatoms. The summed E-state index contributed by atoms with van der Waals surface area (Å²) in [6.45, 7) is 22.7. The van der Waals surface area contributed by atoms with Crippen LogP contribution in [0.1, 0.15) is 109 Å². The third kappa shape index (κ3) is 9.25. The molecule has 0 saturated carbocycles. The van der Waals surface area contributed by atoms with E-state index >= 15 is 0 Å². The van der Waals surface area contributed by atoms with Crippen molar-refractivity contribution < 1.29 is 49.0 Å². The summed E-state index contributed by atoms with van der Waals surface area (Å²) in [6, 6.07) is 27.9. The normalized spacial score (nSPS) is 17.1. The van der Waals surface area contributed by atoms with Gasteiger partial charge < -0.3 is 24.8 Å². The van der Waals surface area contributed by atoms with E-state index in [0.29, 0.717) is 11.3 Å². The molecule has 0 spiro atoms. The first-order valence-electron chi connectivity index (χ1n) is 18.4. The fourth-order valence-corrected chi connectivity index (χ4v) is 9.03. The van der Waals surface area contributed by atoms with Gasteiger partial charge in [-0.25, -0.2) is 6.08 Å². The van der Waals surface area contributed by atoms with E-state index in [4.69, 9.17) is 23.2 Å². The van der Waals surface area contributed by atoms with Gasteiger partial charge in [-0.15, -0.1) is 39.7 Å². The van der Waals surface area contributed by atoms with E-state index in [1.165, 1.54) is 94.4 Å². The largest absolute Gasteiger partial charge is 1.00 e. The third-order valence-electron chi connectivity index (χ3n) is 10.7. The maximum atomic E-state index is 5.98. The molecule has 0 saturated heterocycles. The molecular weight excluding hydrogens is 822 g/mol. The zero-order chi connectivity index (χ0) is 37.7. The monoisotopic (exact) mass is 868 g/mol. The Balaban J connectivity index is 0.000000194. The van der Waals surface area contributed by atoms with Crippen LogP contribution < -0.4 is 24.8 Å². The van der Waals surface area contributed by atoms with Crippen LogP contribution in [0.4, 0.5) is 0 Å². The summed E-state index contributed by atoms with van der Waals surface area (Å²) in [5.41, 5.74) is 13.0. The van der Waals surface area contributed by atoms with Crippen molar-refractivity contribution in [2.75, 3.05) is 0 Å². The van der Waals surface area contributed by atoms with Crippen molar-refractivity contribution in [2.24, 2.45) is 11.3 Å². The maximum Gasteiger partial charge on any atom is -1.00 e. The van der Waals surface area contributed by atoms with Crippen molar-refractivity contribution in [3.63, 3.8) is 0 Å². The minimum atomic E-state index is 0. The Hall–Kier alpha value is -2.38. The summed E-state index contributed by atoms with van der Waals surface area (Å²) < 4.78 is 1.26. The average molecular weight is 872 g/mol. The van der Waals surface area contributed by atoms with Crippen molar-refractivity contribution in [3.05, 3.63) is 158 Å². The maximum absolute atomic E-state index is 5.98. The van der Waals surface area contributed by atoms with E-state index < -0.39 is 0 Å². The number of benzene rings is 4. The molecule has 8 rings (SSSR count). The summed E-state index contributed by atoms with van der Waals surface area (Å²) in [4.78, 5) is 0. The van der Waals surface area contributed by atoms with Gasteiger partial charge in [-0.05, 0) is 36.1 Å². The Kier molecular flexibility index (Phi) is 14.0. The van der Waals surface area contributed by atoms with E-state index in [9.17, 15) is 0 Å². The quantitative estimate of drug-likeness (QED) is 0.160. The average Bonchev–Trinajstić information content (AvgIpc) is 3.81. The second-order valence-electron chi connectivity index (χ2n) is 16.8. The molecule has 5 aromatic carbocycles. The Labute approximate surface area is 361 Å². The minimum absolute atomic E-state index is 0. The number of halogens is 4. The van der Waals surface area contributed by atoms with E-state index in [0.717, 1.165) is 21.2 Å². The predicted molar refractivity (Wildman–Crippen MR) is 226 cm³/mol. The van der Waals surface area contributed by atoms with Crippen LogP contribution in [-0.4, -0.2) is 3.21 Å². The molecule has 0 nitrogen and oxygen atoms in total. The van der Waals surface area contributed by atoms with Crippen LogP contribution in [0.25, 0.3) is 32.7 Å². The van der Waals surface area contributed by atoms with E-state index in [1.807, 2.05) is 36.4 Å². The summed E-state index contributed by atoms with van der Waals surface area (Å²) in [7, 11) is 0. The number of hydrogen-bond acceptors (Lipinski definition) is 0. The fraction of sp³-hybridized carbons (Fsp3) is 0.306. The SMILES string of the molecule is CC1=CC(C)(C)c2cc3[cH-]c4cc5c(cc4c3cc21)C(C)=CC5(C)C.CCC1[C-]=CC(C(C)(C)C)=C1.Clc1cccc([C](=[Zr+2])c2cccc(Cl)c2)c1.[Cl-].[Cl-]. The topological polar surface area (TPSA) is 0 Å². The van der Waals surface area contributed by atoms with E-state index in [1.54, 1.807) is 0 Å². The molecule has 0 amide bonds. The minimum Gasteiger partial charge on any atom is -1.00 e. The Bertz CT molecular complexity index is 2200. The molecule has 280 valence electrons. The van der Waals surface area contributed by atoms with Crippen LogP contribution in [0.15, 0.2) is 109 Å². The van der Waals surface area contributed by atoms with Gasteiger partial charge in [0.25, 0.3) is 0 Å². The number of rotatable bonds is 3. The zero-order valence-corrected chi connectivity index (χ0v) is 38.6. The van der Waals surface area contributed by atoms with Gasteiger partial charge in [0.05, 0.1) is 0 Å². The molecule has 5 aromatic rings. The molecule has 0 N–H and O–H groups in total. The van der Waals surface area contributed by atoms with Crippen LogP contribution >= 0.6 is 23.2 Å². The Morgan fingerprint density at radius 3 is 1.54 bits per heavy atom. The summed E-state index contributed by atoms with van der Waals surface area (Å²) in [6.07, 6.45) is 13.8. The number of allylic oxidation sites excluding steroid dienone is 8. The van der Waals surface area contributed by atoms with Crippen LogP contribution in [0.5, 0.6) is 0 Å². The molecule has 1 atom stereocenters. The third-order valence-corrected chi connectivity index (χ3v) is 12.6. The van der Waals surface area contributed by atoms with Crippen LogP contribution in [0.3, 0.4) is 0 Å². The van der Waals surface area contributed by atoms with Crippen molar-refractivity contribution in [1.82, 2.24) is 0 Å². The molecule has 1 unspecified atom stereocenters. The molecule has 0 radical (unpaired) electrons. The number of fused-ring (bicyclic) bond motifs is 5. The van der Waals surface area contributed by atoms with Gasteiger partial charge in [-0.2, -0.15) is 11.6 Å². The van der Waals surface area contributed by atoms with Crippen molar-refractivity contribution in [2.45, 2.75) is 86.5 Å². The summed E-state index contributed by atoms with van der Waals surface area (Å²) in [5, 5.41) is 7.10. The Morgan fingerprint density at radius 2 is 1.19 bits per heavy atom. The molecule has 0 aromatic heterocycles. The molecule has 0 bridgehead atoms. The van der Waals surface area contributed by atoms with E-state index in [-0.39, 0.29) is 35.6 Å². The summed E-state index contributed by atoms with van der Waals surface area (Å²) in [5.74, 6) is 0.573. The van der Waals surface area contributed by atoms with Gasteiger partial charge in [0.1, 0.15) is 0 Å². The second-order valence-corrected chi connectivity index (χ2v) is 18.9. The molecule has 0 aliphatic heterocycles. The predicted octanol–water partition coefficient (Wildman–Crippen LogP) is 8.58. The molecule has 0 heterocycles. The van der Waals surface area contributed by atoms with Crippen LogP contribution in [0, 0.1) is 17.4 Å². The first-order chi connectivity index (χ1) is 24.4. The molecular formula is C49H50Cl4Zr-2. The first kappa shape index (κ1) is 44.3. The summed E-state index contributed by atoms with van der Waals surface area (Å²) >= 11 is 13.3. The van der Waals surface area contributed by atoms with Crippen molar-refractivity contribution in [1.29, 1.82) is 0 Å². The Morgan fingerprint density at radius 1 is 0.741 bits per heavy atom. The standard InChI is InChI=1S/C25H25.C13H8Cl2.C11H17.2ClH.Zr/c1-14-12-24(3,4)22-8-16-7-17-9-23-19(15(2)13-25(23,5)6)11-21(17)20(16)10-18(14)22;14-12-5-1-3-10(8-12)7-11-4-2-6-13(15)9-11;1-5-9-6-7-10(8-9)11(2,3)4;;;/h7-13H,1-6H3;1-6,8-9H;7-9H,5H2,1-4H3;2*1H;/q-1;;-1;;;+2/p-2. The zero-order valence-electron chi connectivity index (χ0n) is 33.1. The van der Waals surface area contributed by atoms with Crippen LogP contribution in [-0.2, 0) is 35.1 Å². The molecule has 3 aliphatic rings. The van der Waals surface area contributed by atoms with Gasteiger partial charge >= 0.3 is 120 Å². The molecule has 54 heavy (non-hydrogen) atoms. The second kappa shape index (κ2) is 17.0. The fourth-order valence-electron chi connectivity index (χ4n) is 7.88. The van der Waals surface area contributed by atoms with Crippen molar-refractivity contribution in [3.8, 4) is 0 Å². The van der Waals surface area contributed by atoms with Gasteiger partial charge in [0.2, 0.25) is 0 Å². The van der Waals surface area contributed by atoms with Crippen molar-refractivity contribution >= 4 is 59.1 Å². The van der Waals surface area contributed by atoms with Gasteiger partial charge in [-0.1, -0.05) is 109 Å². The molecule has 0 fully saturated rings. The number of hydrogen-bond donors (Lipinski definition) is 0. The molecule has 3 aliphatic carbocycles. The van der Waals surface area contributed by atoms with Gasteiger partial charge in [0.15, 0.2) is 0 Å². The smallest absolute Gasteiger partial charge is 1.00 e. The van der Waals surface area contributed by atoms with Gasteiger partial charge in [-0.3, -0.25) is 6.08 Å². The van der Waals surface area contributed by atoms with E-state index in [2.05, 4.69) is 142 Å². The van der Waals surface area contributed by atoms with Gasteiger partial charge in [0, 0.05) is 10.8 Å². The van der Waals surface area contributed by atoms with Crippen LogP contribution in [0.2, 0.25) is 10.0 Å². The first-order valence-corrected chi connectivity index (χ1v) is 20.4.